The number of likely N-dealkylation sites (tertiary alicyclic amines) is 1. The van der Waals surface area contributed by atoms with Crippen LogP contribution in [0.5, 0.6) is 0 Å². The molecule has 24 heavy (non-hydrogen) atoms. The van der Waals surface area contributed by atoms with E-state index in [2.05, 4.69) is 58.7 Å². The maximum Gasteiger partial charge on any atom is 0.312 e. The molecule has 1 saturated heterocycles. The predicted octanol–water partition coefficient (Wildman–Crippen LogP) is 3.14. The van der Waals surface area contributed by atoms with E-state index in [4.69, 9.17) is 5.73 Å². The zero-order valence-electron chi connectivity index (χ0n) is 13.7. The number of amides is 2. The van der Waals surface area contributed by atoms with Crippen LogP contribution in [0.3, 0.4) is 0 Å². The standard InChI is InChI=1S/C20H23N3O/c21-20(24)22-12-14-6-5-11-23(13-14)19-17-9-3-1-7-15(17)16-8-2-4-10-18(16)19/h1-4,7-10,14,19H,5-6,11-13H2,(H3,21,22,24)/t14-/m1/s1. The summed E-state index contributed by atoms with van der Waals surface area (Å²) in [6.07, 6.45) is 2.30. The number of fused-ring (bicyclic) bond motifs is 3. The number of nitrogens with one attached hydrogen (secondary N) is 1. The molecule has 0 unspecified atom stereocenters. The van der Waals surface area contributed by atoms with E-state index in [1.165, 1.54) is 22.3 Å². The number of nitrogens with two attached hydrogens (primary N) is 1. The maximum absolute atomic E-state index is 11.0. The predicted molar refractivity (Wildman–Crippen MR) is 95.6 cm³/mol. The molecular formula is C20H23N3O. The summed E-state index contributed by atoms with van der Waals surface area (Å²) in [7, 11) is 0. The van der Waals surface area contributed by atoms with Crippen LogP contribution in [0.25, 0.3) is 11.1 Å². The molecule has 2 amide bonds. The minimum Gasteiger partial charge on any atom is -0.352 e. The van der Waals surface area contributed by atoms with Crippen molar-refractivity contribution < 1.29 is 4.79 Å². The van der Waals surface area contributed by atoms with E-state index in [1.807, 2.05) is 0 Å². The van der Waals surface area contributed by atoms with Crippen LogP contribution in [0, 0.1) is 5.92 Å². The van der Waals surface area contributed by atoms with Crippen LogP contribution < -0.4 is 11.1 Å². The fourth-order valence-corrected chi connectivity index (χ4v) is 4.27. The Hall–Kier alpha value is -2.33. The van der Waals surface area contributed by atoms with Gasteiger partial charge in [-0.2, -0.15) is 0 Å². The number of rotatable bonds is 3. The highest BCUT2D eigenvalue weighted by atomic mass is 16.2. The number of urea groups is 1. The molecule has 0 spiro atoms. The molecule has 1 atom stereocenters. The van der Waals surface area contributed by atoms with Gasteiger partial charge >= 0.3 is 6.03 Å². The van der Waals surface area contributed by atoms with Crippen molar-refractivity contribution >= 4 is 6.03 Å². The molecule has 0 radical (unpaired) electrons. The van der Waals surface area contributed by atoms with Gasteiger partial charge in [-0.1, -0.05) is 48.5 Å². The van der Waals surface area contributed by atoms with Crippen LogP contribution in [0.2, 0.25) is 0 Å². The van der Waals surface area contributed by atoms with Crippen LogP contribution in [0.1, 0.15) is 30.0 Å². The van der Waals surface area contributed by atoms with Gasteiger partial charge in [0.15, 0.2) is 0 Å². The van der Waals surface area contributed by atoms with E-state index in [0.717, 1.165) is 25.9 Å². The molecule has 4 heteroatoms. The van der Waals surface area contributed by atoms with Crippen molar-refractivity contribution in [2.24, 2.45) is 11.7 Å². The number of piperidine rings is 1. The van der Waals surface area contributed by atoms with Gasteiger partial charge in [0.25, 0.3) is 0 Å². The summed E-state index contributed by atoms with van der Waals surface area (Å²) in [6, 6.07) is 17.4. The van der Waals surface area contributed by atoms with Crippen molar-refractivity contribution in [3.8, 4) is 11.1 Å². The van der Waals surface area contributed by atoms with Crippen molar-refractivity contribution in [3.05, 3.63) is 59.7 Å². The molecule has 2 aromatic rings. The molecule has 0 aromatic heterocycles. The molecule has 3 N–H and O–H groups in total. The van der Waals surface area contributed by atoms with Gasteiger partial charge in [0.1, 0.15) is 0 Å². The first-order chi connectivity index (χ1) is 11.7. The Balaban J connectivity index is 1.62. The summed E-state index contributed by atoms with van der Waals surface area (Å²) in [6.45, 7) is 2.76. The van der Waals surface area contributed by atoms with Crippen LogP contribution >= 0.6 is 0 Å². The molecule has 1 heterocycles. The summed E-state index contributed by atoms with van der Waals surface area (Å²) in [5, 5.41) is 2.78. The summed E-state index contributed by atoms with van der Waals surface area (Å²) in [5.41, 5.74) is 10.8. The number of hydrogen-bond donors (Lipinski definition) is 2. The Kier molecular flexibility index (Phi) is 3.98. The SMILES string of the molecule is NC(=O)NC[C@H]1CCCN(C2c3ccccc3-c3ccccc32)C1. The van der Waals surface area contributed by atoms with E-state index < -0.39 is 6.03 Å². The van der Waals surface area contributed by atoms with E-state index in [1.54, 1.807) is 0 Å². The number of hydrogen-bond acceptors (Lipinski definition) is 2. The highest BCUT2D eigenvalue weighted by Gasteiger charge is 2.34. The lowest BCUT2D eigenvalue weighted by Gasteiger charge is -2.37. The third-order valence-corrected chi connectivity index (χ3v) is 5.28. The Labute approximate surface area is 142 Å². The zero-order valence-corrected chi connectivity index (χ0v) is 13.7. The second-order valence-electron chi connectivity index (χ2n) is 6.83. The number of carbonyl (C=O) groups excluding carboxylic acids is 1. The van der Waals surface area contributed by atoms with Gasteiger partial charge in [-0.05, 0) is 47.6 Å². The lowest BCUT2D eigenvalue weighted by atomic mass is 9.94. The molecule has 124 valence electrons. The molecular weight excluding hydrogens is 298 g/mol. The number of primary amides is 1. The van der Waals surface area contributed by atoms with Gasteiger partial charge in [-0.25, -0.2) is 4.79 Å². The van der Waals surface area contributed by atoms with Gasteiger partial charge in [-0.3, -0.25) is 4.90 Å². The van der Waals surface area contributed by atoms with Crippen LogP contribution in [-0.4, -0.2) is 30.6 Å². The fraction of sp³-hybridized carbons (Fsp3) is 0.350. The number of carbonyl (C=O) groups is 1. The van der Waals surface area contributed by atoms with Gasteiger partial charge in [0, 0.05) is 13.1 Å². The highest BCUT2D eigenvalue weighted by molar-refractivity contribution is 5.78. The summed E-state index contributed by atoms with van der Waals surface area (Å²) >= 11 is 0. The van der Waals surface area contributed by atoms with E-state index in [0.29, 0.717) is 18.5 Å². The van der Waals surface area contributed by atoms with Crippen molar-refractivity contribution in [3.63, 3.8) is 0 Å². The molecule has 0 saturated carbocycles. The van der Waals surface area contributed by atoms with Crippen molar-refractivity contribution in [2.75, 3.05) is 19.6 Å². The first kappa shape index (κ1) is 15.2. The van der Waals surface area contributed by atoms with Gasteiger partial charge in [0.2, 0.25) is 0 Å². The maximum atomic E-state index is 11.0. The van der Waals surface area contributed by atoms with Crippen LogP contribution in [0.4, 0.5) is 4.79 Å². The van der Waals surface area contributed by atoms with Crippen molar-refractivity contribution in [1.29, 1.82) is 0 Å². The lowest BCUT2D eigenvalue weighted by molar-refractivity contribution is 0.143. The molecule has 4 rings (SSSR count). The highest BCUT2D eigenvalue weighted by Crippen LogP contribution is 2.46. The Morgan fingerprint density at radius 1 is 1.08 bits per heavy atom. The molecule has 2 aliphatic rings. The molecule has 0 bridgehead atoms. The third-order valence-electron chi connectivity index (χ3n) is 5.28. The first-order valence-corrected chi connectivity index (χ1v) is 8.69. The van der Waals surface area contributed by atoms with Gasteiger partial charge < -0.3 is 11.1 Å². The Bertz CT molecular complexity index is 713. The molecule has 1 aliphatic carbocycles. The van der Waals surface area contributed by atoms with Crippen molar-refractivity contribution in [1.82, 2.24) is 10.2 Å². The second-order valence-corrected chi connectivity index (χ2v) is 6.83. The van der Waals surface area contributed by atoms with Crippen LogP contribution in [0.15, 0.2) is 48.5 Å². The topological polar surface area (TPSA) is 58.4 Å². The molecule has 2 aromatic carbocycles. The van der Waals surface area contributed by atoms with E-state index in [9.17, 15) is 4.79 Å². The third kappa shape index (κ3) is 2.67. The lowest BCUT2D eigenvalue weighted by Crippen LogP contribution is -2.43. The second kappa shape index (κ2) is 6.29. The summed E-state index contributed by atoms with van der Waals surface area (Å²) in [5.74, 6) is 0.464. The number of nitrogens with zero attached hydrogens (tertiary/aromatic N) is 1. The summed E-state index contributed by atoms with van der Waals surface area (Å²) in [4.78, 5) is 13.6. The van der Waals surface area contributed by atoms with Crippen LogP contribution in [-0.2, 0) is 0 Å². The number of benzene rings is 2. The van der Waals surface area contributed by atoms with Gasteiger partial charge in [-0.15, -0.1) is 0 Å². The largest absolute Gasteiger partial charge is 0.352 e. The van der Waals surface area contributed by atoms with E-state index >= 15 is 0 Å². The van der Waals surface area contributed by atoms with E-state index in [-0.39, 0.29) is 0 Å². The minimum atomic E-state index is -0.427. The monoisotopic (exact) mass is 321 g/mol. The fourth-order valence-electron chi connectivity index (χ4n) is 4.27. The average Bonchev–Trinajstić information content (AvgIpc) is 2.95. The minimum absolute atomic E-state index is 0.328. The summed E-state index contributed by atoms with van der Waals surface area (Å²) < 4.78 is 0. The zero-order chi connectivity index (χ0) is 16.5. The Morgan fingerprint density at radius 3 is 2.33 bits per heavy atom. The first-order valence-electron chi connectivity index (χ1n) is 8.69. The normalized spacial score (nSPS) is 20.4. The average molecular weight is 321 g/mol. The molecule has 4 nitrogen and oxygen atoms in total. The Morgan fingerprint density at radius 2 is 1.71 bits per heavy atom. The molecule has 1 aliphatic heterocycles. The van der Waals surface area contributed by atoms with Gasteiger partial charge in [0.05, 0.1) is 6.04 Å². The smallest absolute Gasteiger partial charge is 0.312 e. The quantitative estimate of drug-likeness (QED) is 0.912. The molecule has 1 fully saturated rings. The van der Waals surface area contributed by atoms with Crippen molar-refractivity contribution in [2.45, 2.75) is 18.9 Å².